The van der Waals surface area contributed by atoms with Gasteiger partial charge in [0.05, 0.1) is 4.88 Å². The fourth-order valence-corrected chi connectivity index (χ4v) is 3.48. The lowest BCUT2D eigenvalue weighted by Gasteiger charge is -2.34. The summed E-state index contributed by atoms with van der Waals surface area (Å²) in [5.41, 5.74) is 0.0705. The van der Waals surface area contributed by atoms with E-state index in [0.717, 1.165) is 36.5 Å². The van der Waals surface area contributed by atoms with Crippen molar-refractivity contribution in [3.8, 4) is 0 Å². The number of piperidine rings is 1. The van der Waals surface area contributed by atoms with E-state index in [9.17, 15) is 4.79 Å². The molecule has 2 aliphatic heterocycles. The second-order valence-electron chi connectivity index (χ2n) is 5.99. The molecule has 5 heteroatoms. The fourth-order valence-electron chi connectivity index (χ4n) is 2.78. The molecule has 1 aromatic rings. The van der Waals surface area contributed by atoms with Crippen LogP contribution in [-0.2, 0) is 9.63 Å². The molecule has 0 radical (unpaired) electrons. The average molecular weight is 292 g/mol. The molecule has 0 N–H and O–H groups in total. The third-order valence-corrected chi connectivity index (χ3v) is 5.11. The molecular weight excluding hydrogens is 272 g/mol. The van der Waals surface area contributed by atoms with Gasteiger partial charge >= 0.3 is 0 Å². The summed E-state index contributed by atoms with van der Waals surface area (Å²) >= 11 is 1.63. The first-order valence-electron chi connectivity index (χ1n) is 7.17. The topological polar surface area (TPSA) is 41.9 Å². The molecule has 1 aromatic heterocycles. The van der Waals surface area contributed by atoms with Crippen LogP contribution in [-0.4, -0.2) is 35.2 Å². The number of carbonyl (C=O) groups excluding carboxylic acids is 1. The smallest absolute Gasteiger partial charge is 0.269 e. The highest BCUT2D eigenvalue weighted by Gasteiger charge is 2.45. The Morgan fingerprint density at radius 1 is 1.50 bits per heavy atom. The van der Waals surface area contributed by atoms with Crippen LogP contribution in [0.25, 0.3) is 0 Å². The van der Waals surface area contributed by atoms with Gasteiger partial charge in [0, 0.05) is 19.5 Å². The third-order valence-electron chi connectivity index (χ3n) is 4.19. The van der Waals surface area contributed by atoms with Crippen LogP contribution in [0.2, 0.25) is 0 Å². The van der Waals surface area contributed by atoms with Gasteiger partial charge in [-0.3, -0.25) is 4.79 Å². The van der Waals surface area contributed by atoms with Crippen molar-refractivity contribution in [3.63, 3.8) is 0 Å². The van der Waals surface area contributed by atoms with Crippen LogP contribution in [0.3, 0.4) is 0 Å². The van der Waals surface area contributed by atoms with Gasteiger partial charge in [0.25, 0.3) is 5.91 Å². The van der Waals surface area contributed by atoms with Crippen LogP contribution in [0.5, 0.6) is 0 Å². The molecule has 1 amide bonds. The van der Waals surface area contributed by atoms with E-state index in [1.807, 2.05) is 29.3 Å². The summed E-state index contributed by atoms with van der Waals surface area (Å²) in [6.07, 6.45) is 2.74. The van der Waals surface area contributed by atoms with Gasteiger partial charge in [-0.2, -0.15) is 0 Å². The molecule has 0 saturated carbocycles. The average Bonchev–Trinajstić information content (AvgIpc) is 3.08. The van der Waals surface area contributed by atoms with Crippen molar-refractivity contribution < 1.29 is 9.63 Å². The van der Waals surface area contributed by atoms with E-state index in [4.69, 9.17) is 4.84 Å². The molecule has 0 bridgehead atoms. The van der Waals surface area contributed by atoms with E-state index in [-0.39, 0.29) is 5.91 Å². The predicted octanol–water partition coefficient (Wildman–Crippen LogP) is 2.89. The van der Waals surface area contributed by atoms with E-state index in [1.54, 1.807) is 11.3 Å². The number of nitrogens with zero attached hydrogens (tertiary/aromatic N) is 2. The first kappa shape index (κ1) is 13.6. The lowest BCUT2D eigenvalue weighted by atomic mass is 9.94. The molecule has 20 heavy (non-hydrogen) atoms. The van der Waals surface area contributed by atoms with Gasteiger partial charge in [-0.25, -0.2) is 0 Å². The maximum Gasteiger partial charge on any atom is 0.269 e. The molecule has 0 aliphatic carbocycles. The molecule has 3 heterocycles. The van der Waals surface area contributed by atoms with E-state index in [2.05, 4.69) is 12.1 Å². The summed E-state index contributed by atoms with van der Waals surface area (Å²) in [6, 6.07) is 4.01. The summed E-state index contributed by atoms with van der Waals surface area (Å²) < 4.78 is 0. The van der Waals surface area contributed by atoms with Crippen molar-refractivity contribution >= 4 is 23.0 Å². The van der Waals surface area contributed by atoms with Crippen molar-refractivity contribution in [2.24, 2.45) is 11.1 Å². The second kappa shape index (κ2) is 5.20. The zero-order chi connectivity index (χ0) is 14.2. The largest absolute Gasteiger partial charge is 0.379 e. The Bertz CT molecular complexity index is 518. The zero-order valence-electron chi connectivity index (χ0n) is 12.0. The minimum atomic E-state index is -0.820. The number of amides is 1. The minimum Gasteiger partial charge on any atom is -0.379 e. The van der Waals surface area contributed by atoms with Crippen LogP contribution in [0.1, 0.15) is 38.0 Å². The maximum atomic E-state index is 12.7. The SMILES string of the molecule is CC1CCN(C(=O)C2(C)CC(c3cccs3)=NO2)CC1. The van der Waals surface area contributed by atoms with Crippen molar-refractivity contribution in [1.29, 1.82) is 0 Å². The lowest BCUT2D eigenvalue weighted by molar-refractivity contribution is -0.154. The van der Waals surface area contributed by atoms with E-state index < -0.39 is 5.60 Å². The van der Waals surface area contributed by atoms with E-state index >= 15 is 0 Å². The maximum absolute atomic E-state index is 12.7. The Hall–Kier alpha value is -1.36. The molecule has 1 atom stereocenters. The number of hydrogen-bond acceptors (Lipinski definition) is 4. The van der Waals surface area contributed by atoms with Crippen molar-refractivity contribution in [3.05, 3.63) is 22.4 Å². The second-order valence-corrected chi connectivity index (χ2v) is 6.94. The molecule has 1 unspecified atom stereocenters. The molecule has 108 valence electrons. The van der Waals surface area contributed by atoms with Gasteiger partial charge in [-0.15, -0.1) is 11.3 Å². The molecular formula is C15H20N2O2S. The monoisotopic (exact) mass is 292 g/mol. The molecule has 4 nitrogen and oxygen atoms in total. The van der Waals surface area contributed by atoms with Gasteiger partial charge in [0.1, 0.15) is 5.71 Å². The summed E-state index contributed by atoms with van der Waals surface area (Å²) in [4.78, 5) is 21.2. The van der Waals surface area contributed by atoms with Crippen molar-refractivity contribution in [2.75, 3.05) is 13.1 Å². The summed E-state index contributed by atoms with van der Waals surface area (Å²) in [5, 5.41) is 6.16. The highest BCUT2D eigenvalue weighted by molar-refractivity contribution is 7.12. The van der Waals surface area contributed by atoms with Crippen LogP contribution >= 0.6 is 11.3 Å². The van der Waals surface area contributed by atoms with Crippen LogP contribution in [0.4, 0.5) is 0 Å². The number of hydrogen-bond donors (Lipinski definition) is 0. The normalized spacial score (nSPS) is 27.3. The number of rotatable bonds is 2. The minimum absolute atomic E-state index is 0.0831. The molecule has 0 aromatic carbocycles. The van der Waals surface area contributed by atoms with E-state index in [0.29, 0.717) is 12.3 Å². The quantitative estimate of drug-likeness (QED) is 0.841. The van der Waals surface area contributed by atoms with Crippen LogP contribution in [0, 0.1) is 5.92 Å². The highest BCUT2D eigenvalue weighted by Crippen LogP contribution is 2.31. The predicted molar refractivity (Wildman–Crippen MR) is 79.9 cm³/mol. The molecule has 2 aliphatic rings. The van der Waals surface area contributed by atoms with Gasteiger partial charge in [-0.1, -0.05) is 18.1 Å². The molecule has 0 spiro atoms. The van der Waals surface area contributed by atoms with Crippen LogP contribution in [0.15, 0.2) is 22.7 Å². The first-order valence-corrected chi connectivity index (χ1v) is 8.05. The Morgan fingerprint density at radius 3 is 2.90 bits per heavy atom. The van der Waals surface area contributed by atoms with Gasteiger partial charge < -0.3 is 9.74 Å². The van der Waals surface area contributed by atoms with E-state index in [1.165, 1.54) is 0 Å². The van der Waals surface area contributed by atoms with Crippen molar-refractivity contribution in [1.82, 2.24) is 4.90 Å². The summed E-state index contributed by atoms with van der Waals surface area (Å²) in [6.45, 7) is 5.78. The molecule has 1 saturated heterocycles. The van der Waals surface area contributed by atoms with Gasteiger partial charge in [0.2, 0.25) is 5.60 Å². The standard InChI is InChI=1S/C15H20N2O2S/c1-11-5-7-17(8-6-11)14(18)15(2)10-12(16-19-15)13-4-3-9-20-13/h3-4,9,11H,5-8,10H2,1-2H3. The molecule has 3 rings (SSSR count). The highest BCUT2D eigenvalue weighted by atomic mass is 32.1. The van der Waals surface area contributed by atoms with Crippen molar-refractivity contribution in [2.45, 2.75) is 38.7 Å². The Balaban J connectivity index is 1.67. The third kappa shape index (κ3) is 2.46. The summed E-state index contributed by atoms with van der Waals surface area (Å²) in [5.74, 6) is 0.800. The first-order chi connectivity index (χ1) is 9.58. The fraction of sp³-hybridized carbons (Fsp3) is 0.600. The number of carbonyl (C=O) groups is 1. The summed E-state index contributed by atoms with van der Waals surface area (Å²) in [7, 11) is 0. The van der Waals surface area contributed by atoms with Gasteiger partial charge in [0.15, 0.2) is 0 Å². The Labute approximate surface area is 123 Å². The number of likely N-dealkylation sites (tertiary alicyclic amines) is 1. The molecule has 1 fully saturated rings. The Kier molecular flexibility index (Phi) is 3.54. The Morgan fingerprint density at radius 2 is 2.25 bits per heavy atom. The number of thiophene rings is 1. The number of oxime groups is 1. The zero-order valence-corrected chi connectivity index (χ0v) is 12.8. The van der Waals surface area contributed by atoms with Crippen LogP contribution < -0.4 is 0 Å². The lowest BCUT2D eigenvalue weighted by Crippen LogP contribution is -2.49. The van der Waals surface area contributed by atoms with Gasteiger partial charge in [-0.05, 0) is 37.1 Å².